The number of fused-ring (bicyclic) bond motifs is 2. The molecule has 3 aromatic carbocycles. The number of aliphatic carboxylic acids is 1. The van der Waals surface area contributed by atoms with Gasteiger partial charge in [-0.2, -0.15) is 0 Å². The van der Waals surface area contributed by atoms with E-state index in [1.807, 2.05) is 45.3 Å². The van der Waals surface area contributed by atoms with E-state index in [-0.39, 0.29) is 12.2 Å². The number of anilines is 2. The number of amides is 1. The second-order valence-corrected chi connectivity index (χ2v) is 14.2. The Morgan fingerprint density at radius 1 is 1.07 bits per heavy atom. The monoisotopic (exact) mass is 622 g/mol. The number of carboxylic acid groups (broad SMARTS) is 1. The van der Waals surface area contributed by atoms with Crippen LogP contribution in [0.4, 0.5) is 11.4 Å². The lowest BCUT2D eigenvalue weighted by Crippen LogP contribution is -2.45. The molecule has 2 unspecified atom stereocenters. The van der Waals surface area contributed by atoms with Crippen molar-refractivity contribution in [1.82, 2.24) is 0 Å². The molecule has 1 aliphatic carbocycles. The van der Waals surface area contributed by atoms with Crippen LogP contribution in [0.3, 0.4) is 0 Å². The molecular formula is C34H39ClN2O5S. The first-order valence-corrected chi connectivity index (χ1v) is 15.6. The molecule has 0 spiro atoms. The lowest BCUT2D eigenvalue weighted by atomic mass is 9.77. The van der Waals surface area contributed by atoms with Gasteiger partial charge >= 0.3 is 5.97 Å². The van der Waals surface area contributed by atoms with Gasteiger partial charge in [0.25, 0.3) is 5.91 Å². The highest BCUT2D eigenvalue weighted by molar-refractivity contribution is 8.00. The Hall–Kier alpha value is -3.49. The third-order valence-electron chi connectivity index (χ3n) is 7.69. The molecule has 0 radical (unpaired) electrons. The summed E-state index contributed by atoms with van der Waals surface area (Å²) in [6, 6.07) is 17.1. The van der Waals surface area contributed by atoms with Gasteiger partial charge < -0.3 is 20.1 Å². The van der Waals surface area contributed by atoms with Gasteiger partial charge in [-0.3, -0.25) is 14.4 Å². The van der Waals surface area contributed by atoms with Gasteiger partial charge in [-0.25, -0.2) is 0 Å². The Kier molecular flexibility index (Phi) is 9.52. The molecule has 0 bridgehead atoms. The minimum Gasteiger partial charge on any atom is -0.481 e. The van der Waals surface area contributed by atoms with Crippen molar-refractivity contribution in [3.05, 3.63) is 87.4 Å². The zero-order chi connectivity index (χ0) is 31.7. The number of thioether (sulfide) groups is 1. The number of ether oxygens (including phenoxy) is 1. The standard InChI is InChI=1S/C34H39ClN2O5S/c1-20-14-15-25(35)26(18-20)36-32(41)30(31(40)33(2,3)4)42-28-13-9-11-24-22(28)19-21-23(10-8-12-27(21)37(6)7)34(24,5)43-17-16-29(38)39/h8-15,18,30H,16-17,19H2,1-7H3,(H,36,41)(H,38,39). The van der Waals surface area contributed by atoms with Gasteiger partial charge in [0.1, 0.15) is 5.75 Å². The molecule has 2 N–H and O–H groups in total. The number of carboxylic acids is 1. The van der Waals surface area contributed by atoms with E-state index in [2.05, 4.69) is 29.3 Å². The van der Waals surface area contributed by atoms with E-state index in [9.17, 15) is 19.5 Å². The van der Waals surface area contributed by atoms with Crippen molar-refractivity contribution in [1.29, 1.82) is 0 Å². The summed E-state index contributed by atoms with van der Waals surface area (Å²) in [6.45, 7) is 9.27. The van der Waals surface area contributed by atoms with Crippen LogP contribution in [-0.2, 0) is 25.6 Å². The summed E-state index contributed by atoms with van der Waals surface area (Å²) < 4.78 is 5.84. The number of carbonyl (C=O) groups is 3. The quantitative estimate of drug-likeness (QED) is 0.233. The van der Waals surface area contributed by atoms with Crippen LogP contribution in [-0.4, -0.2) is 48.7 Å². The van der Waals surface area contributed by atoms with E-state index in [4.69, 9.17) is 16.3 Å². The van der Waals surface area contributed by atoms with Crippen LogP contribution >= 0.6 is 23.4 Å². The SMILES string of the molecule is Cc1ccc(Cl)c(NC(=O)C(Oc2cccc3c2Cc2c(N(C)C)cccc2C3(C)SCCC(=O)O)C(=O)C(C)(C)C)c1. The van der Waals surface area contributed by atoms with Crippen molar-refractivity contribution in [2.24, 2.45) is 5.41 Å². The number of Topliss-reactive ketones (excluding diaryl/α,β-unsaturated/α-hetero) is 1. The van der Waals surface area contributed by atoms with Crippen LogP contribution < -0.4 is 15.0 Å². The van der Waals surface area contributed by atoms with Crippen molar-refractivity contribution in [2.75, 3.05) is 30.1 Å². The van der Waals surface area contributed by atoms with Gasteiger partial charge in [-0.1, -0.05) is 62.7 Å². The summed E-state index contributed by atoms with van der Waals surface area (Å²) in [5, 5.41) is 12.5. The number of carbonyl (C=O) groups excluding carboxylic acids is 2. The molecule has 0 fully saturated rings. The zero-order valence-corrected chi connectivity index (χ0v) is 27.3. The highest BCUT2D eigenvalue weighted by Crippen LogP contribution is 2.52. The summed E-state index contributed by atoms with van der Waals surface area (Å²) in [5.41, 5.74) is 5.52. The number of ketones is 1. The van der Waals surface area contributed by atoms with Crippen LogP contribution in [0, 0.1) is 12.3 Å². The molecule has 9 heteroatoms. The van der Waals surface area contributed by atoms with Crippen molar-refractivity contribution in [2.45, 2.75) is 58.3 Å². The molecule has 3 aromatic rings. The minimum absolute atomic E-state index is 0.0261. The maximum absolute atomic E-state index is 13.7. The second kappa shape index (κ2) is 12.6. The topological polar surface area (TPSA) is 95.9 Å². The largest absolute Gasteiger partial charge is 0.481 e. The normalized spacial score (nSPS) is 16.5. The number of halogens is 1. The van der Waals surface area contributed by atoms with E-state index in [0.29, 0.717) is 28.6 Å². The molecule has 4 rings (SSSR count). The lowest BCUT2D eigenvalue weighted by molar-refractivity contribution is -0.140. The molecule has 0 saturated heterocycles. The van der Waals surface area contributed by atoms with E-state index >= 15 is 0 Å². The Morgan fingerprint density at radius 2 is 1.72 bits per heavy atom. The fraction of sp³-hybridized carbons (Fsp3) is 0.382. The maximum atomic E-state index is 13.7. The summed E-state index contributed by atoms with van der Waals surface area (Å²) in [5.74, 6) is -0.971. The number of benzene rings is 3. The molecule has 43 heavy (non-hydrogen) atoms. The number of rotatable bonds is 10. The zero-order valence-electron chi connectivity index (χ0n) is 25.7. The lowest BCUT2D eigenvalue weighted by Gasteiger charge is -2.40. The van der Waals surface area contributed by atoms with Crippen LogP contribution in [0.2, 0.25) is 5.02 Å². The predicted octanol–water partition coefficient (Wildman–Crippen LogP) is 7.09. The number of nitrogens with zero attached hydrogens (tertiary/aromatic N) is 1. The number of hydrogen-bond acceptors (Lipinski definition) is 6. The minimum atomic E-state index is -1.43. The van der Waals surface area contributed by atoms with Gasteiger partial charge in [0, 0.05) is 42.9 Å². The summed E-state index contributed by atoms with van der Waals surface area (Å²) in [6.07, 6.45) is -0.885. The molecule has 1 amide bonds. The maximum Gasteiger partial charge on any atom is 0.304 e. The molecule has 0 saturated carbocycles. The van der Waals surface area contributed by atoms with Gasteiger partial charge in [0.2, 0.25) is 6.10 Å². The fourth-order valence-corrected chi connectivity index (χ4v) is 6.97. The molecule has 7 nitrogen and oxygen atoms in total. The molecular weight excluding hydrogens is 584 g/mol. The first kappa shape index (κ1) is 32.4. The van der Waals surface area contributed by atoms with Gasteiger partial charge in [-0.15, -0.1) is 11.8 Å². The van der Waals surface area contributed by atoms with E-state index < -0.39 is 28.1 Å². The average molecular weight is 623 g/mol. The molecule has 0 aromatic heterocycles. The Bertz CT molecular complexity index is 1560. The molecule has 228 valence electrons. The first-order valence-electron chi connectivity index (χ1n) is 14.2. The highest BCUT2D eigenvalue weighted by atomic mass is 35.5. The predicted molar refractivity (Wildman–Crippen MR) is 175 cm³/mol. The van der Waals surface area contributed by atoms with E-state index in [1.165, 1.54) is 0 Å². The highest BCUT2D eigenvalue weighted by Gasteiger charge is 2.42. The van der Waals surface area contributed by atoms with Crippen LogP contribution in [0.25, 0.3) is 0 Å². The average Bonchev–Trinajstić information content (AvgIpc) is 2.92. The second-order valence-electron chi connectivity index (χ2n) is 12.3. The van der Waals surface area contributed by atoms with Crippen LogP contribution in [0.1, 0.15) is 61.9 Å². The smallest absolute Gasteiger partial charge is 0.304 e. The van der Waals surface area contributed by atoms with Gasteiger partial charge in [0.15, 0.2) is 5.78 Å². The van der Waals surface area contributed by atoms with Crippen molar-refractivity contribution in [3.63, 3.8) is 0 Å². The number of aryl methyl sites for hydroxylation is 1. The van der Waals surface area contributed by atoms with Gasteiger partial charge in [-0.05, 0) is 60.4 Å². The fourth-order valence-electron chi connectivity index (χ4n) is 5.43. The first-order chi connectivity index (χ1) is 20.1. The third kappa shape index (κ3) is 6.86. The van der Waals surface area contributed by atoms with Crippen LogP contribution in [0.5, 0.6) is 5.75 Å². The summed E-state index contributed by atoms with van der Waals surface area (Å²) >= 11 is 7.93. The van der Waals surface area contributed by atoms with Gasteiger partial charge in [0.05, 0.1) is 21.9 Å². The number of hydrogen-bond donors (Lipinski definition) is 2. The van der Waals surface area contributed by atoms with E-state index in [1.54, 1.807) is 50.7 Å². The van der Waals surface area contributed by atoms with Crippen molar-refractivity contribution in [3.8, 4) is 5.75 Å². The Labute approximate surface area is 263 Å². The molecule has 1 aliphatic rings. The van der Waals surface area contributed by atoms with Crippen LogP contribution in [0.15, 0.2) is 54.6 Å². The van der Waals surface area contributed by atoms with Crippen molar-refractivity contribution < 1.29 is 24.2 Å². The summed E-state index contributed by atoms with van der Waals surface area (Å²) in [4.78, 5) is 40.9. The molecule has 0 heterocycles. The molecule has 0 aliphatic heterocycles. The Morgan fingerprint density at radius 3 is 2.35 bits per heavy atom. The number of nitrogens with one attached hydrogen (secondary N) is 1. The Balaban J connectivity index is 1.81. The third-order valence-corrected chi connectivity index (χ3v) is 9.45. The van der Waals surface area contributed by atoms with Crippen molar-refractivity contribution >= 4 is 52.4 Å². The van der Waals surface area contributed by atoms with E-state index in [0.717, 1.165) is 33.5 Å². The summed E-state index contributed by atoms with van der Waals surface area (Å²) in [7, 11) is 3.97. The molecule has 2 atom stereocenters.